The fraction of sp³-hybridized carbons (Fsp3) is 0.508. The fourth-order valence-corrected chi connectivity index (χ4v) is 15.7. The second-order valence-corrected chi connectivity index (χ2v) is 26.2. The molecular formula is C65H77FN12O8S. The summed E-state index contributed by atoms with van der Waals surface area (Å²) in [6.07, 6.45) is 6.82. The first-order chi connectivity index (χ1) is 42.0. The predicted molar refractivity (Wildman–Crippen MR) is 329 cm³/mol. The summed E-state index contributed by atoms with van der Waals surface area (Å²) >= 11 is 1.58. The van der Waals surface area contributed by atoms with E-state index in [-0.39, 0.29) is 96.6 Å². The van der Waals surface area contributed by atoms with Crippen LogP contribution in [0, 0.1) is 18.7 Å². The summed E-state index contributed by atoms with van der Waals surface area (Å²) in [4.78, 5) is 72.3. The highest BCUT2D eigenvalue weighted by molar-refractivity contribution is 7.13. The molecular weight excluding hydrogens is 1130 g/mol. The predicted octanol–water partition coefficient (Wildman–Crippen LogP) is 8.91. The molecule has 6 saturated heterocycles. The third-order valence-electron chi connectivity index (χ3n) is 19.3. The number of hydrogen-bond acceptors (Lipinski definition) is 18. The number of amides is 3. The molecule has 6 aliphatic heterocycles. The van der Waals surface area contributed by atoms with Crippen molar-refractivity contribution < 1.29 is 43.0 Å². The molecule has 4 aromatic heterocycles. The first-order valence-electron chi connectivity index (χ1n) is 31.0. The molecule has 20 nitrogen and oxygen atoms in total. The lowest BCUT2D eigenvalue weighted by molar-refractivity contribution is -0.141. The number of fused-ring (bicyclic) bond motifs is 5. The van der Waals surface area contributed by atoms with Crippen LogP contribution in [0.25, 0.3) is 43.4 Å². The van der Waals surface area contributed by atoms with Gasteiger partial charge in [0.25, 0.3) is 0 Å². The molecule has 3 amide bonds. The van der Waals surface area contributed by atoms with Gasteiger partial charge in [-0.1, -0.05) is 68.4 Å². The molecule has 6 aliphatic rings. The van der Waals surface area contributed by atoms with Gasteiger partial charge in [-0.3, -0.25) is 19.5 Å². The van der Waals surface area contributed by atoms with Gasteiger partial charge < -0.3 is 54.4 Å². The van der Waals surface area contributed by atoms with E-state index in [4.69, 9.17) is 28.9 Å². The molecule has 22 heteroatoms. The summed E-state index contributed by atoms with van der Waals surface area (Å²) in [6.45, 7) is 15.8. The van der Waals surface area contributed by atoms with Crippen molar-refractivity contribution in [1.82, 2.24) is 50.4 Å². The van der Waals surface area contributed by atoms with E-state index in [0.717, 1.165) is 83.1 Å². The number of ether oxygens (including phenoxy) is 2. The van der Waals surface area contributed by atoms with Crippen molar-refractivity contribution in [3.8, 4) is 33.5 Å². The summed E-state index contributed by atoms with van der Waals surface area (Å²) < 4.78 is 36.1. The Labute approximate surface area is 509 Å². The monoisotopic (exact) mass is 1200 g/mol. The fourth-order valence-electron chi connectivity index (χ4n) is 14.8. The number of hydrogen-bond donors (Lipinski definition) is 4. The molecule has 4 N–H and O–H groups in total. The zero-order valence-electron chi connectivity index (χ0n) is 50.2. The Morgan fingerprint density at radius 3 is 2.52 bits per heavy atom. The van der Waals surface area contributed by atoms with Crippen molar-refractivity contribution in [3.05, 3.63) is 101 Å². The first-order valence-corrected chi connectivity index (χ1v) is 31.9. The number of pyridine rings is 1. The number of anilines is 2. The Hall–Kier alpha value is -7.53. The Morgan fingerprint density at radius 2 is 1.77 bits per heavy atom. The summed E-state index contributed by atoms with van der Waals surface area (Å²) in [6, 6.07) is 18.2. The maximum absolute atomic E-state index is 17.4. The zero-order chi connectivity index (χ0) is 60.4. The number of aryl methyl sites for hydroxylation is 2. The summed E-state index contributed by atoms with van der Waals surface area (Å²) in [5, 5.41) is 35.1. The molecule has 9 atom stereocenters. The number of carbonyl (C=O) groups is 3. The molecule has 0 aliphatic carbocycles. The number of rotatable bonds is 16. The Balaban J connectivity index is 0.642. The van der Waals surface area contributed by atoms with Crippen LogP contribution in [0.5, 0.6) is 11.8 Å². The second kappa shape index (κ2) is 23.9. The highest BCUT2D eigenvalue weighted by Crippen LogP contribution is 2.44. The average Bonchev–Trinajstić information content (AvgIpc) is 1.98. The quantitative estimate of drug-likeness (QED) is 0.0708. The maximum Gasteiger partial charge on any atom is 0.409 e. The summed E-state index contributed by atoms with van der Waals surface area (Å²) in [5.74, 6) is -0.714. The molecule has 2 unspecified atom stereocenters. The molecule has 458 valence electrons. The average molecular weight is 1210 g/mol. The third kappa shape index (κ3) is 11.2. The van der Waals surface area contributed by atoms with E-state index in [9.17, 15) is 24.6 Å². The van der Waals surface area contributed by atoms with Crippen molar-refractivity contribution in [2.24, 2.45) is 5.92 Å². The van der Waals surface area contributed by atoms with Gasteiger partial charge in [0.05, 0.1) is 39.2 Å². The topological polar surface area (TPSA) is 228 Å². The van der Waals surface area contributed by atoms with E-state index in [2.05, 4.69) is 42.4 Å². The van der Waals surface area contributed by atoms with E-state index in [1.807, 2.05) is 82.6 Å². The normalized spacial score (nSPS) is 24.6. The van der Waals surface area contributed by atoms with Crippen LogP contribution < -0.4 is 25.2 Å². The van der Waals surface area contributed by atoms with Gasteiger partial charge >= 0.3 is 12.1 Å². The second-order valence-electron chi connectivity index (χ2n) is 25.3. The van der Waals surface area contributed by atoms with E-state index >= 15 is 4.39 Å². The minimum atomic E-state index is -0.869. The number of aliphatic hydroxyl groups excluding tert-OH is 1. The van der Waals surface area contributed by atoms with Crippen molar-refractivity contribution in [2.45, 2.75) is 147 Å². The molecule has 0 spiro atoms. The van der Waals surface area contributed by atoms with Crippen LogP contribution in [-0.2, 0) is 20.7 Å². The Bertz CT molecular complexity index is 3720. The van der Waals surface area contributed by atoms with Crippen LogP contribution in [0.2, 0.25) is 0 Å². The molecule has 0 saturated carbocycles. The van der Waals surface area contributed by atoms with Gasteiger partial charge in [0.15, 0.2) is 17.4 Å². The Kier molecular flexibility index (Phi) is 16.0. The van der Waals surface area contributed by atoms with E-state index in [1.165, 1.54) is 4.90 Å². The number of aliphatic hydroxyl groups is 1. The number of likely N-dealkylation sites (tertiary alicyclic amines) is 1. The van der Waals surface area contributed by atoms with Crippen LogP contribution >= 0.6 is 11.3 Å². The molecule has 87 heavy (non-hydrogen) atoms. The van der Waals surface area contributed by atoms with Crippen molar-refractivity contribution in [2.75, 3.05) is 68.8 Å². The maximum atomic E-state index is 17.4. The van der Waals surface area contributed by atoms with Gasteiger partial charge in [-0.05, 0) is 118 Å². The number of aromatic hydroxyl groups is 1. The van der Waals surface area contributed by atoms with Gasteiger partial charge in [0.1, 0.15) is 48.0 Å². The number of thiazole rings is 1. The minimum Gasteiger partial charge on any atom is -0.508 e. The number of piperazine rings is 2. The number of nitrogens with one attached hydrogen (secondary N) is 2. The lowest BCUT2D eigenvalue weighted by Gasteiger charge is -2.39. The van der Waals surface area contributed by atoms with Crippen LogP contribution in [0.15, 0.2) is 76.9 Å². The number of nitrogens with zero attached hydrogens (tertiary/aromatic N) is 10. The van der Waals surface area contributed by atoms with Crippen LogP contribution in [0.3, 0.4) is 0 Å². The largest absolute Gasteiger partial charge is 0.508 e. The van der Waals surface area contributed by atoms with Crippen LogP contribution in [-0.4, -0.2) is 169 Å². The van der Waals surface area contributed by atoms with Crippen LogP contribution in [0.4, 0.5) is 20.8 Å². The zero-order valence-corrected chi connectivity index (χ0v) is 51.1. The van der Waals surface area contributed by atoms with Crippen LogP contribution in [0.1, 0.15) is 114 Å². The number of halogens is 1. The smallest absolute Gasteiger partial charge is 0.409 e. The van der Waals surface area contributed by atoms with Gasteiger partial charge in [-0.2, -0.15) is 9.97 Å². The molecule has 7 aromatic rings. The van der Waals surface area contributed by atoms with Crippen molar-refractivity contribution in [3.63, 3.8) is 0 Å². The third-order valence-corrected chi connectivity index (χ3v) is 20.3. The highest BCUT2D eigenvalue weighted by Gasteiger charge is 2.51. The minimum absolute atomic E-state index is 0.0211. The number of benzene rings is 3. The number of aromatic nitrogens is 5. The van der Waals surface area contributed by atoms with E-state index in [1.54, 1.807) is 40.6 Å². The van der Waals surface area contributed by atoms with Crippen molar-refractivity contribution >= 4 is 62.6 Å². The number of phenolic OH excluding ortho intramolecular Hbond substituents is 1. The number of carbonyl (C=O) groups excluding carboxylic acids is 3. The molecule has 0 radical (unpaired) electrons. The SMILES string of the molecule is CCc1cccc2cc(O)cc(-c3ncc4c(N5CC6CCC(C5)N6)nc(OC[C@]56CCCN5[C@H](COC(=O)N5CCN(c7cc([C@H](C(=O)N8C[C@H](O)C[C@H]8C(=O)N[C@@H](C)c8ccc(-c9scnc9C)cc8)C(C)C)on7)[C@@H](C)C5)CC6)nc4c3F)c12. The molecule has 2 bridgehead atoms. The van der Waals surface area contributed by atoms with Gasteiger partial charge in [-0.25, -0.2) is 14.2 Å². The van der Waals surface area contributed by atoms with E-state index in [0.29, 0.717) is 79.6 Å². The molecule has 6 fully saturated rings. The molecule has 13 rings (SSSR count). The lowest BCUT2D eigenvalue weighted by atomic mass is 9.91. The first kappa shape index (κ1) is 58.5. The molecule has 10 heterocycles. The van der Waals surface area contributed by atoms with E-state index < -0.39 is 23.9 Å². The number of β-amino-alcohol motifs (C(OH)–C–C–N with tert-alkyl or cyclic N) is 1. The lowest BCUT2D eigenvalue weighted by Crippen LogP contribution is -2.54. The van der Waals surface area contributed by atoms with Gasteiger partial charge in [0, 0.05) is 87.7 Å². The standard InChI is InChI=1S/C65H77FN12O8S/c1-7-40-10-8-11-43-24-47(79)25-49(55(40)43)57-56(66)58-50(28-67-57)60(75-30-44-16-17-45(31-75)70-44)72-63(71-58)85-34-65-19-9-21-78(65)46(18-20-65)33-84-64(83)74-22-23-76(37(4)29-74)53-27-52(86-73-53)54(36(2)3)62(82)77-32-48(80)26-51(77)61(81)69-38(5)41-12-14-42(15-13-41)59-39(6)68-35-87-59/h8,10-15,24-25,27-28,35-38,44-46,48,51,54,70,79-80H,7,9,16-23,26,29-34H2,1-6H3,(H,69,81)/t37-,38-,44?,45?,46-,48+,51-,54+,65+/m0/s1. The summed E-state index contributed by atoms with van der Waals surface area (Å²) in [7, 11) is 0. The van der Waals surface area contributed by atoms with Gasteiger partial charge in [-0.15, -0.1) is 11.3 Å². The number of phenols is 1. The van der Waals surface area contributed by atoms with Gasteiger partial charge in [0.2, 0.25) is 11.8 Å². The van der Waals surface area contributed by atoms with Crippen molar-refractivity contribution in [1.29, 1.82) is 0 Å². The highest BCUT2D eigenvalue weighted by atomic mass is 32.1. The molecule has 3 aromatic carbocycles. The Morgan fingerprint density at radius 1 is 0.966 bits per heavy atom. The summed E-state index contributed by atoms with van der Waals surface area (Å²) in [5.41, 5.74) is 6.15.